The summed E-state index contributed by atoms with van der Waals surface area (Å²) in [5, 5.41) is 15.7. The van der Waals surface area contributed by atoms with Gasteiger partial charge in [-0.2, -0.15) is 4.98 Å². The van der Waals surface area contributed by atoms with Crippen LogP contribution in [0.25, 0.3) is 11.3 Å². The van der Waals surface area contributed by atoms with Crippen LogP contribution in [0.3, 0.4) is 0 Å². The standard InChI is InChI=1S/C19H21N5O/c1-13-5-7-16(8-6-13)22-18-10-17(15-4-3-9-20-11-15)23-19(24-18)21-14(2)12-25/h3-11,14,25H,12H2,1-2H3,(H2,21,22,23,24)/t14-/m1/s1. The minimum Gasteiger partial charge on any atom is -0.394 e. The summed E-state index contributed by atoms with van der Waals surface area (Å²) >= 11 is 0. The highest BCUT2D eigenvalue weighted by Gasteiger charge is 2.09. The third-order valence-corrected chi connectivity index (χ3v) is 3.66. The Morgan fingerprint density at radius 2 is 1.92 bits per heavy atom. The molecule has 0 bridgehead atoms. The Morgan fingerprint density at radius 3 is 2.60 bits per heavy atom. The minimum atomic E-state index is -0.142. The molecule has 0 saturated carbocycles. The second-order valence-corrected chi connectivity index (χ2v) is 5.92. The van der Waals surface area contributed by atoms with Crippen LogP contribution in [0.2, 0.25) is 0 Å². The van der Waals surface area contributed by atoms with Gasteiger partial charge < -0.3 is 15.7 Å². The monoisotopic (exact) mass is 335 g/mol. The van der Waals surface area contributed by atoms with Gasteiger partial charge in [0.15, 0.2) is 0 Å². The Kier molecular flexibility index (Phi) is 5.20. The SMILES string of the molecule is Cc1ccc(Nc2cc(-c3cccnc3)nc(N[C@H](C)CO)n2)cc1. The van der Waals surface area contributed by atoms with Gasteiger partial charge in [-0.25, -0.2) is 4.98 Å². The van der Waals surface area contributed by atoms with E-state index in [1.807, 2.05) is 56.3 Å². The fourth-order valence-electron chi connectivity index (χ4n) is 2.29. The summed E-state index contributed by atoms with van der Waals surface area (Å²) in [4.78, 5) is 13.2. The van der Waals surface area contributed by atoms with Gasteiger partial charge in [0, 0.05) is 35.8 Å². The number of aliphatic hydroxyl groups excluding tert-OH is 1. The van der Waals surface area contributed by atoms with Crippen molar-refractivity contribution in [3.63, 3.8) is 0 Å². The molecule has 1 aromatic carbocycles. The van der Waals surface area contributed by atoms with Gasteiger partial charge in [0.25, 0.3) is 0 Å². The zero-order chi connectivity index (χ0) is 17.6. The number of nitrogens with zero attached hydrogens (tertiary/aromatic N) is 3. The highest BCUT2D eigenvalue weighted by molar-refractivity contribution is 5.66. The first kappa shape index (κ1) is 16.9. The fourth-order valence-corrected chi connectivity index (χ4v) is 2.29. The number of anilines is 3. The Balaban J connectivity index is 1.95. The first-order chi connectivity index (χ1) is 12.1. The molecule has 3 aromatic rings. The molecule has 6 nitrogen and oxygen atoms in total. The van der Waals surface area contributed by atoms with Gasteiger partial charge >= 0.3 is 0 Å². The van der Waals surface area contributed by atoms with Crippen molar-refractivity contribution in [3.8, 4) is 11.3 Å². The number of aliphatic hydroxyl groups is 1. The quantitative estimate of drug-likeness (QED) is 0.640. The molecule has 3 N–H and O–H groups in total. The predicted octanol–water partition coefficient (Wildman–Crippen LogP) is 3.38. The van der Waals surface area contributed by atoms with Gasteiger partial charge in [0.05, 0.1) is 12.3 Å². The molecule has 0 radical (unpaired) electrons. The Bertz CT molecular complexity index is 821. The topological polar surface area (TPSA) is 83.0 Å². The number of aryl methyl sites for hydroxylation is 1. The highest BCUT2D eigenvalue weighted by atomic mass is 16.3. The van der Waals surface area contributed by atoms with E-state index in [-0.39, 0.29) is 12.6 Å². The van der Waals surface area contributed by atoms with Crippen LogP contribution in [0.1, 0.15) is 12.5 Å². The van der Waals surface area contributed by atoms with Crippen molar-refractivity contribution < 1.29 is 5.11 Å². The first-order valence-electron chi connectivity index (χ1n) is 8.14. The van der Waals surface area contributed by atoms with Crippen LogP contribution in [-0.4, -0.2) is 32.7 Å². The third-order valence-electron chi connectivity index (χ3n) is 3.66. The van der Waals surface area contributed by atoms with Crippen LogP contribution in [0, 0.1) is 6.92 Å². The average molecular weight is 335 g/mol. The normalized spacial score (nSPS) is 11.8. The molecule has 2 aromatic heterocycles. The van der Waals surface area contributed by atoms with Gasteiger partial charge in [-0.1, -0.05) is 17.7 Å². The second kappa shape index (κ2) is 7.72. The lowest BCUT2D eigenvalue weighted by Gasteiger charge is -2.14. The number of hydrogen-bond donors (Lipinski definition) is 3. The van der Waals surface area contributed by atoms with Crippen molar-refractivity contribution in [3.05, 3.63) is 60.4 Å². The number of benzene rings is 1. The lowest BCUT2D eigenvalue weighted by molar-refractivity contribution is 0.281. The molecule has 1 atom stereocenters. The van der Waals surface area contributed by atoms with Crippen molar-refractivity contribution >= 4 is 17.5 Å². The lowest BCUT2D eigenvalue weighted by atomic mass is 10.2. The van der Waals surface area contributed by atoms with E-state index >= 15 is 0 Å². The number of pyridine rings is 1. The molecule has 128 valence electrons. The van der Waals surface area contributed by atoms with Gasteiger partial charge in [0.2, 0.25) is 5.95 Å². The van der Waals surface area contributed by atoms with E-state index in [0.29, 0.717) is 11.8 Å². The summed E-state index contributed by atoms with van der Waals surface area (Å²) in [5.41, 5.74) is 3.80. The summed E-state index contributed by atoms with van der Waals surface area (Å²) in [6.07, 6.45) is 3.49. The highest BCUT2D eigenvalue weighted by Crippen LogP contribution is 2.23. The van der Waals surface area contributed by atoms with E-state index in [1.165, 1.54) is 5.56 Å². The molecule has 0 spiro atoms. The Labute approximate surface area is 147 Å². The largest absolute Gasteiger partial charge is 0.394 e. The maximum Gasteiger partial charge on any atom is 0.225 e. The molecule has 0 unspecified atom stereocenters. The van der Waals surface area contributed by atoms with Crippen LogP contribution in [0.15, 0.2) is 54.9 Å². The smallest absolute Gasteiger partial charge is 0.225 e. The van der Waals surface area contributed by atoms with Gasteiger partial charge in [-0.05, 0) is 38.1 Å². The van der Waals surface area contributed by atoms with Gasteiger partial charge in [0.1, 0.15) is 5.82 Å². The molecule has 6 heteroatoms. The Hall–Kier alpha value is -2.99. The summed E-state index contributed by atoms with van der Waals surface area (Å²) in [6, 6.07) is 13.6. The first-order valence-corrected chi connectivity index (χ1v) is 8.14. The maximum absolute atomic E-state index is 9.27. The van der Waals surface area contributed by atoms with Gasteiger partial charge in [-0.3, -0.25) is 4.98 Å². The van der Waals surface area contributed by atoms with Gasteiger partial charge in [-0.15, -0.1) is 0 Å². The lowest BCUT2D eigenvalue weighted by Crippen LogP contribution is -2.21. The molecule has 0 amide bonds. The third kappa shape index (κ3) is 4.51. The van der Waals surface area contributed by atoms with E-state index in [4.69, 9.17) is 0 Å². The van der Waals surface area contributed by atoms with E-state index < -0.39 is 0 Å². The Morgan fingerprint density at radius 1 is 1.12 bits per heavy atom. The molecule has 2 heterocycles. The van der Waals surface area contributed by atoms with Crippen LogP contribution >= 0.6 is 0 Å². The molecule has 0 fully saturated rings. The van der Waals surface area contributed by atoms with Crippen molar-refractivity contribution in [1.82, 2.24) is 15.0 Å². The van der Waals surface area contributed by atoms with E-state index in [2.05, 4.69) is 25.6 Å². The minimum absolute atomic E-state index is 0.00119. The van der Waals surface area contributed by atoms with E-state index in [9.17, 15) is 5.11 Å². The zero-order valence-corrected chi connectivity index (χ0v) is 14.3. The van der Waals surface area contributed by atoms with Crippen LogP contribution in [0.5, 0.6) is 0 Å². The molecule has 0 aliphatic rings. The molecule has 25 heavy (non-hydrogen) atoms. The fraction of sp³-hybridized carbons (Fsp3) is 0.211. The summed E-state index contributed by atoms with van der Waals surface area (Å²) < 4.78 is 0. The molecule has 0 aliphatic heterocycles. The van der Waals surface area contributed by atoms with E-state index in [1.54, 1.807) is 12.4 Å². The van der Waals surface area contributed by atoms with Crippen molar-refractivity contribution in [2.45, 2.75) is 19.9 Å². The molecule has 3 rings (SSSR count). The average Bonchev–Trinajstić information content (AvgIpc) is 2.64. The summed E-state index contributed by atoms with van der Waals surface area (Å²) in [7, 11) is 0. The van der Waals surface area contributed by atoms with E-state index in [0.717, 1.165) is 16.9 Å². The van der Waals surface area contributed by atoms with Crippen molar-refractivity contribution in [2.24, 2.45) is 0 Å². The summed E-state index contributed by atoms with van der Waals surface area (Å²) in [6.45, 7) is 3.92. The summed E-state index contributed by atoms with van der Waals surface area (Å²) in [5.74, 6) is 1.13. The number of nitrogens with one attached hydrogen (secondary N) is 2. The number of rotatable bonds is 6. The molecular formula is C19H21N5O. The number of hydrogen-bond acceptors (Lipinski definition) is 6. The van der Waals surface area contributed by atoms with Crippen LogP contribution in [-0.2, 0) is 0 Å². The second-order valence-electron chi connectivity index (χ2n) is 5.92. The van der Waals surface area contributed by atoms with Crippen LogP contribution < -0.4 is 10.6 Å². The molecular weight excluding hydrogens is 314 g/mol. The maximum atomic E-state index is 9.27. The zero-order valence-electron chi connectivity index (χ0n) is 14.3. The molecule has 0 saturated heterocycles. The van der Waals surface area contributed by atoms with Crippen LogP contribution in [0.4, 0.5) is 17.5 Å². The van der Waals surface area contributed by atoms with Crippen molar-refractivity contribution in [1.29, 1.82) is 0 Å². The molecule has 0 aliphatic carbocycles. The number of aromatic nitrogens is 3. The van der Waals surface area contributed by atoms with Crippen molar-refractivity contribution in [2.75, 3.05) is 17.2 Å². The predicted molar refractivity (Wildman–Crippen MR) is 99.9 cm³/mol.